The summed E-state index contributed by atoms with van der Waals surface area (Å²) in [6.45, 7) is 10.9. The lowest BCUT2D eigenvalue weighted by Crippen LogP contribution is -2.17. The summed E-state index contributed by atoms with van der Waals surface area (Å²) in [5, 5.41) is 12.4. The van der Waals surface area contributed by atoms with E-state index in [1.165, 1.54) is 17.3 Å². The minimum Gasteiger partial charge on any atom is -0.483 e. The number of anilines is 1. The van der Waals surface area contributed by atoms with Gasteiger partial charge in [-0.15, -0.1) is 10.2 Å². The molecule has 8 heteroatoms. The number of nitrogens with zero attached hydrogens (tertiary/aromatic N) is 3. The minimum atomic E-state index is -0.254. The summed E-state index contributed by atoms with van der Waals surface area (Å²) in [5.74, 6) is 1.75. The smallest absolute Gasteiger partial charge is 0.234 e. The van der Waals surface area contributed by atoms with E-state index in [1.54, 1.807) is 0 Å². The highest BCUT2D eigenvalue weighted by Crippen LogP contribution is 2.26. The maximum Gasteiger partial charge on any atom is 0.234 e. The van der Waals surface area contributed by atoms with Crippen molar-refractivity contribution in [2.24, 2.45) is 0 Å². The summed E-state index contributed by atoms with van der Waals surface area (Å²) >= 11 is 3.67. The molecule has 0 fully saturated rings. The predicted molar refractivity (Wildman–Crippen MR) is 139 cm³/mol. The molecule has 1 heterocycles. The summed E-state index contributed by atoms with van der Waals surface area (Å²) in [7, 11) is 0. The van der Waals surface area contributed by atoms with Crippen molar-refractivity contribution in [2.45, 2.75) is 58.8 Å². The number of ether oxygens (including phenoxy) is 1. The van der Waals surface area contributed by atoms with E-state index in [0.29, 0.717) is 11.7 Å². The van der Waals surface area contributed by atoms with Gasteiger partial charge in [-0.2, -0.15) is 0 Å². The van der Waals surface area contributed by atoms with Crippen LogP contribution in [0.3, 0.4) is 0 Å². The molecular weight excluding hydrogens is 535 g/mol. The van der Waals surface area contributed by atoms with Gasteiger partial charge in [-0.1, -0.05) is 30.8 Å². The van der Waals surface area contributed by atoms with Gasteiger partial charge in [0.2, 0.25) is 5.91 Å². The lowest BCUT2D eigenvalue weighted by atomic mass is 10.1. The number of nitrogens with one attached hydrogen (secondary N) is 1. The Balaban J connectivity index is 1.64. The van der Waals surface area contributed by atoms with Gasteiger partial charge in [0.05, 0.1) is 5.75 Å². The van der Waals surface area contributed by atoms with Crippen molar-refractivity contribution < 1.29 is 9.53 Å². The SMILES string of the molecule is CCc1ccc(O[C@H](C)c2nnc(SCC(=O)Nc3c(C)cc(I)cc3C)n2CC)cc1. The number of amides is 1. The Hall–Kier alpha value is -2.07. The highest BCUT2D eigenvalue weighted by atomic mass is 127. The van der Waals surface area contributed by atoms with Crippen LogP contribution in [0.2, 0.25) is 0 Å². The van der Waals surface area contributed by atoms with E-state index in [2.05, 4.69) is 69.3 Å². The molecule has 2 aromatic carbocycles. The van der Waals surface area contributed by atoms with Gasteiger partial charge in [0.25, 0.3) is 0 Å². The Morgan fingerprint density at radius 1 is 1.16 bits per heavy atom. The highest BCUT2D eigenvalue weighted by Gasteiger charge is 2.20. The number of hydrogen-bond donors (Lipinski definition) is 1. The third-order valence-corrected chi connectivity index (χ3v) is 6.75. The molecule has 1 amide bonds. The van der Waals surface area contributed by atoms with Gasteiger partial charge in [0.15, 0.2) is 17.1 Å². The largest absolute Gasteiger partial charge is 0.483 e. The van der Waals surface area contributed by atoms with Crippen LogP contribution in [0.15, 0.2) is 41.6 Å². The van der Waals surface area contributed by atoms with Gasteiger partial charge in [-0.25, -0.2) is 0 Å². The molecule has 0 aliphatic carbocycles. The Bertz CT molecular complexity index is 1060. The monoisotopic (exact) mass is 564 g/mol. The summed E-state index contributed by atoms with van der Waals surface area (Å²) in [4.78, 5) is 12.6. The number of carbonyl (C=O) groups is 1. The highest BCUT2D eigenvalue weighted by molar-refractivity contribution is 14.1. The molecule has 0 bridgehead atoms. The topological polar surface area (TPSA) is 69.0 Å². The van der Waals surface area contributed by atoms with Crippen LogP contribution in [0.4, 0.5) is 5.69 Å². The Morgan fingerprint density at radius 2 is 1.81 bits per heavy atom. The number of benzene rings is 2. The first-order valence-corrected chi connectivity index (χ1v) is 12.8. The summed E-state index contributed by atoms with van der Waals surface area (Å²) in [6, 6.07) is 12.2. The van der Waals surface area contributed by atoms with E-state index >= 15 is 0 Å². The zero-order valence-electron chi connectivity index (χ0n) is 19.1. The Morgan fingerprint density at radius 3 is 2.41 bits per heavy atom. The second-order valence-electron chi connectivity index (χ2n) is 7.59. The van der Waals surface area contributed by atoms with Gasteiger partial charge < -0.3 is 14.6 Å². The average molecular weight is 564 g/mol. The van der Waals surface area contributed by atoms with Crippen molar-refractivity contribution in [2.75, 3.05) is 11.1 Å². The Kier molecular flexibility index (Phi) is 8.58. The molecule has 0 saturated heterocycles. The molecule has 1 N–H and O–H groups in total. The number of aromatic nitrogens is 3. The molecule has 0 unspecified atom stereocenters. The van der Waals surface area contributed by atoms with Gasteiger partial charge in [-0.05, 0) is 97.7 Å². The third-order valence-electron chi connectivity index (χ3n) is 5.16. The second-order valence-corrected chi connectivity index (χ2v) is 9.78. The molecule has 3 rings (SSSR count). The van der Waals surface area contributed by atoms with Crippen molar-refractivity contribution in [3.05, 3.63) is 62.5 Å². The molecule has 0 spiro atoms. The predicted octanol–water partition coefficient (Wildman–Crippen LogP) is 5.95. The van der Waals surface area contributed by atoms with Crippen molar-refractivity contribution in [3.8, 4) is 5.75 Å². The molecule has 6 nitrogen and oxygen atoms in total. The van der Waals surface area contributed by atoms with Crippen LogP contribution < -0.4 is 10.1 Å². The zero-order chi connectivity index (χ0) is 23.3. The fourth-order valence-corrected chi connectivity index (χ4v) is 5.22. The van der Waals surface area contributed by atoms with Gasteiger partial charge in [0, 0.05) is 15.8 Å². The fourth-order valence-electron chi connectivity index (χ4n) is 3.48. The van der Waals surface area contributed by atoms with E-state index in [-0.39, 0.29) is 17.8 Å². The van der Waals surface area contributed by atoms with E-state index < -0.39 is 0 Å². The fraction of sp³-hybridized carbons (Fsp3) is 0.375. The number of rotatable bonds is 9. The average Bonchev–Trinajstić information content (AvgIpc) is 3.18. The molecule has 0 radical (unpaired) electrons. The van der Waals surface area contributed by atoms with Gasteiger partial charge in [0.1, 0.15) is 5.75 Å². The molecular formula is C24H29IN4O2S. The first kappa shape index (κ1) is 24.6. The van der Waals surface area contributed by atoms with Crippen molar-refractivity contribution in [1.82, 2.24) is 14.8 Å². The van der Waals surface area contributed by atoms with Crippen LogP contribution in [0.1, 0.15) is 49.4 Å². The standard InChI is InChI=1S/C24H29IN4O2S/c1-6-18-8-10-20(11-9-18)31-17(5)23-27-28-24(29(23)7-2)32-14-21(30)26-22-15(3)12-19(25)13-16(22)4/h8-13,17H,6-7,14H2,1-5H3,(H,26,30)/t17-/m1/s1. The van der Waals surface area contributed by atoms with Crippen LogP contribution in [0.5, 0.6) is 5.75 Å². The van der Waals surface area contributed by atoms with Crippen molar-refractivity contribution >= 4 is 45.9 Å². The van der Waals surface area contributed by atoms with Crippen molar-refractivity contribution in [3.63, 3.8) is 0 Å². The van der Waals surface area contributed by atoms with Crippen LogP contribution >= 0.6 is 34.4 Å². The number of halogens is 1. The first-order valence-electron chi connectivity index (χ1n) is 10.7. The van der Waals surface area contributed by atoms with Crippen LogP contribution in [0, 0.1) is 17.4 Å². The number of aryl methyl sites for hydroxylation is 3. The lowest BCUT2D eigenvalue weighted by Gasteiger charge is -2.16. The van der Waals surface area contributed by atoms with Crippen molar-refractivity contribution in [1.29, 1.82) is 0 Å². The van der Waals surface area contributed by atoms with E-state index in [4.69, 9.17) is 4.74 Å². The summed E-state index contributed by atoms with van der Waals surface area (Å²) in [5.41, 5.74) is 4.27. The quantitative estimate of drug-likeness (QED) is 0.257. The maximum absolute atomic E-state index is 12.6. The number of hydrogen-bond acceptors (Lipinski definition) is 5. The van der Waals surface area contributed by atoms with Crippen LogP contribution in [-0.2, 0) is 17.8 Å². The molecule has 32 heavy (non-hydrogen) atoms. The number of thioether (sulfide) groups is 1. The normalized spacial score (nSPS) is 11.9. The van der Waals surface area contributed by atoms with E-state index in [9.17, 15) is 4.79 Å². The molecule has 0 aliphatic heterocycles. The second kappa shape index (κ2) is 11.2. The number of carbonyl (C=O) groups excluding carboxylic acids is 1. The lowest BCUT2D eigenvalue weighted by molar-refractivity contribution is -0.113. The molecule has 1 aromatic heterocycles. The summed E-state index contributed by atoms with van der Waals surface area (Å²) < 4.78 is 9.25. The molecule has 3 aromatic rings. The van der Waals surface area contributed by atoms with E-state index in [1.807, 2.05) is 44.4 Å². The maximum atomic E-state index is 12.6. The molecule has 170 valence electrons. The minimum absolute atomic E-state index is 0.0603. The summed E-state index contributed by atoms with van der Waals surface area (Å²) in [6.07, 6.45) is 0.742. The van der Waals surface area contributed by atoms with E-state index in [0.717, 1.165) is 38.4 Å². The first-order chi connectivity index (χ1) is 15.3. The van der Waals surface area contributed by atoms with Gasteiger partial charge >= 0.3 is 0 Å². The Labute approximate surface area is 207 Å². The molecule has 1 atom stereocenters. The molecule has 0 aliphatic rings. The third kappa shape index (κ3) is 6.04. The zero-order valence-corrected chi connectivity index (χ0v) is 22.1. The van der Waals surface area contributed by atoms with Crippen LogP contribution in [0.25, 0.3) is 0 Å². The van der Waals surface area contributed by atoms with Gasteiger partial charge in [-0.3, -0.25) is 4.79 Å². The van der Waals surface area contributed by atoms with Crippen LogP contribution in [-0.4, -0.2) is 26.4 Å². The molecule has 0 saturated carbocycles.